The van der Waals surface area contributed by atoms with Crippen molar-refractivity contribution in [1.29, 1.82) is 0 Å². The second-order valence-electron chi connectivity index (χ2n) is 3.82. The maximum Gasteiger partial charge on any atom is 0.270 e. The first-order chi connectivity index (χ1) is 7.29. The van der Waals surface area contributed by atoms with Crippen molar-refractivity contribution in [1.82, 2.24) is 10.3 Å². The normalized spacial score (nSPS) is 14.3. The quantitative estimate of drug-likeness (QED) is 0.837. The van der Waals surface area contributed by atoms with Gasteiger partial charge < -0.3 is 11.1 Å². The maximum atomic E-state index is 11.6. The standard InChI is InChI=1S/C10H15N3OS.ClH/c11-4-3-9-13-8(6-15-9)10(14)12-5-7-1-2-7;/h6-7H,1-5,11H2,(H,12,14);1H. The molecule has 0 spiro atoms. The molecule has 0 atom stereocenters. The van der Waals surface area contributed by atoms with Gasteiger partial charge in [0.15, 0.2) is 0 Å². The monoisotopic (exact) mass is 261 g/mol. The topological polar surface area (TPSA) is 68.0 Å². The lowest BCUT2D eigenvalue weighted by Crippen LogP contribution is -2.25. The van der Waals surface area contributed by atoms with E-state index in [1.807, 2.05) is 0 Å². The molecular weight excluding hydrogens is 246 g/mol. The molecule has 16 heavy (non-hydrogen) atoms. The van der Waals surface area contributed by atoms with Gasteiger partial charge in [-0.15, -0.1) is 23.7 Å². The third kappa shape index (κ3) is 3.73. The summed E-state index contributed by atoms with van der Waals surface area (Å²) in [6.45, 7) is 1.37. The van der Waals surface area contributed by atoms with Crippen molar-refractivity contribution < 1.29 is 4.79 Å². The number of hydrogen-bond donors (Lipinski definition) is 2. The molecule has 2 rings (SSSR count). The molecule has 3 N–H and O–H groups in total. The predicted molar refractivity (Wildman–Crippen MR) is 67.2 cm³/mol. The molecule has 1 aromatic heterocycles. The van der Waals surface area contributed by atoms with E-state index in [0.29, 0.717) is 18.2 Å². The van der Waals surface area contributed by atoms with Crippen molar-refractivity contribution in [2.45, 2.75) is 19.3 Å². The number of thiazole rings is 1. The van der Waals surface area contributed by atoms with Crippen LogP contribution in [0.2, 0.25) is 0 Å². The molecule has 0 radical (unpaired) electrons. The Morgan fingerprint density at radius 2 is 2.38 bits per heavy atom. The molecule has 4 nitrogen and oxygen atoms in total. The first kappa shape index (κ1) is 13.4. The summed E-state index contributed by atoms with van der Waals surface area (Å²) in [6.07, 6.45) is 3.24. The molecular formula is C10H16ClN3OS. The van der Waals surface area contributed by atoms with Crippen LogP contribution in [0.15, 0.2) is 5.38 Å². The molecule has 90 valence electrons. The summed E-state index contributed by atoms with van der Waals surface area (Å²) in [5.41, 5.74) is 5.95. The zero-order valence-corrected chi connectivity index (χ0v) is 10.6. The highest BCUT2D eigenvalue weighted by molar-refractivity contribution is 7.09. The first-order valence-electron chi connectivity index (χ1n) is 5.22. The summed E-state index contributed by atoms with van der Waals surface area (Å²) in [6, 6.07) is 0. The highest BCUT2D eigenvalue weighted by Crippen LogP contribution is 2.27. The van der Waals surface area contributed by atoms with Gasteiger partial charge in [0.25, 0.3) is 5.91 Å². The number of nitrogens with one attached hydrogen (secondary N) is 1. The van der Waals surface area contributed by atoms with E-state index in [9.17, 15) is 4.79 Å². The van der Waals surface area contributed by atoms with Gasteiger partial charge in [0.1, 0.15) is 5.69 Å². The van der Waals surface area contributed by atoms with Crippen LogP contribution in [-0.2, 0) is 6.42 Å². The van der Waals surface area contributed by atoms with E-state index in [0.717, 1.165) is 18.0 Å². The number of carbonyl (C=O) groups excluding carboxylic acids is 1. The third-order valence-corrected chi connectivity index (χ3v) is 3.30. The van der Waals surface area contributed by atoms with Crippen LogP contribution in [-0.4, -0.2) is 24.0 Å². The SMILES string of the molecule is Cl.NCCc1nc(C(=O)NCC2CC2)cs1. The second kappa shape index (κ2) is 6.18. The summed E-state index contributed by atoms with van der Waals surface area (Å²) in [5, 5.41) is 5.63. The Labute approximate surface area is 105 Å². The molecule has 0 aliphatic heterocycles. The van der Waals surface area contributed by atoms with Crippen molar-refractivity contribution in [3.8, 4) is 0 Å². The van der Waals surface area contributed by atoms with Crippen molar-refractivity contribution in [3.63, 3.8) is 0 Å². The van der Waals surface area contributed by atoms with Crippen LogP contribution < -0.4 is 11.1 Å². The molecule has 1 aromatic rings. The van der Waals surface area contributed by atoms with Gasteiger partial charge in [-0.1, -0.05) is 0 Å². The van der Waals surface area contributed by atoms with Gasteiger partial charge in [-0.3, -0.25) is 4.79 Å². The fraction of sp³-hybridized carbons (Fsp3) is 0.600. The van der Waals surface area contributed by atoms with Crippen molar-refractivity contribution in [2.24, 2.45) is 11.7 Å². The fourth-order valence-corrected chi connectivity index (χ4v) is 2.10. The summed E-state index contributed by atoms with van der Waals surface area (Å²) < 4.78 is 0. The largest absolute Gasteiger partial charge is 0.350 e. The Balaban J connectivity index is 0.00000128. The van der Waals surface area contributed by atoms with E-state index in [-0.39, 0.29) is 18.3 Å². The van der Waals surface area contributed by atoms with Gasteiger partial charge in [-0.2, -0.15) is 0 Å². The molecule has 0 saturated heterocycles. The van der Waals surface area contributed by atoms with Crippen LogP contribution in [0.1, 0.15) is 28.3 Å². The van der Waals surface area contributed by atoms with Crippen LogP contribution in [0.25, 0.3) is 0 Å². The molecule has 1 aliphatic rings. The first-order valence-corrected chi connectivity index (χ1v) is 6.10. The average molecular weight is 262 g/mol. The van der Waals surface area contributed by atoms with E-state index in [1.165, 1.54) is 24.2 Å². The number of aromatic nitrogens is 1. The molecule has 1 heterocycles. The van der Waals surface area contributed by atoms with Crippen molar-refractivity contribution in [3.05, 3.63) is 16.1 Å². The van der Waals surface area contributed by atoms with Crippen molar-refractivity contribution >= 4 is 29.7 Å². The molecule has 0 aromatic carbocycles. The van der Waals surface area contributed by atoms with Gasteiger partial charge in [-0.25, -0.2) is 4.98 Å². The Morgan fingerprint density at radius 1 is 1.62 bits per heavy atom. The molecule has 0 bridgehead atoms. The van der Waals surface area contributed by atoms with E-state index in [1.54, 1.807) is 5.38 Å². The van der Waals surface area contributed by atoms with E-state index < -0.39 is 0 Å². The molecule has 0 unspecified atom stereocenters. The van der Waals surface area contributed by atoms with Gasteiger partial charge in [-0.05, 0) is 25.3 Å². The lowest BCUT2D eigenvalue weighted by atomic mass is 10.4. The number of halogens is 1. The zero-order chi connectivity index (χ0) is 10.7. The van der Waals surface area contributed by atoms with Crippen molar-refractivity contribution in [2.75, 3.05) is 13.1 Å². The molecule has 1 fully saturated rings. The minimum absolute atomic E-state index is 0. The molecule has 1 saturated carbocycles. The Kier molecular flexibility index (Phi) is 5.18. The predicted octanol–water partition coefficient (Wildman–Crippen LogP) is 1.21. The maximum absolute atomic E-state index is 11.6. The average Bonchev–Trinajstić information content (AvgIpc) is 2.94. The van der Waals surface area contributed by atoms with Gasteiger partial charge >= 0.3 is 0 Å². The minimum atomic E-state index is -0.0542. The molecule has 6 heteroatoms. The third-order valence-electron chi connectivity index (χ3n) is 2.39. The highest BCUT2D eigenvalue weighted by Gasteiger charge is 2.22. The molecule has 1 amide bonds. The summed E-state index contributed by atoms with van der Waals surface area (Å²) in [7, 11) is 0. The van der Waals surface area contributed by atoms with E-state index in [4.69, 9.17) is 5.73 Å². The lowest BCUT2D eigenvalue weighted by Gasteiger charge is -1.99. The number of amides is 1. The molecule has 1 aliphatic carbocycles. The number of hydrogen-bond acceptors (Lipinski definition) is 4. The number of nitrogens with zero attached hydrogens (tertiary/aromatic N) is 1. The minimum Gasteiger partial charge on any atom is -0.350 e. The Bertz CT molecular complexity index is 352. The van der Waals surface area contributed by atoms with Crippen LogP contribution in [0.4, 0.5) is 0 Å². The number of carbonyl (C=O) groups is 1. The van der Waals surface area contributed by atoms with Crippen LogP contribution in [0.5, 0.6) is 0 Å². The summed E-state index contributed by atoms with van der Waals surface area (Å²) in [5.74, 6) is 0.650. The second-order valence-corrected chi connectivity index (χ2v) is 4.76. The highest BCUT2D eigenvalue weighted by atomic mass is 35.5. The van der Waals surface area contributed by atoms with E-state index in [2.05, 4.69) is 10.3 Å². The van der Waals surface area contributed by atoms with Gasteiger partial charge in [0, 0.05) is 18.3 Å². The lowest BCUT2D eigenvalue weighted by molar-refractivity contribution is 0.0947. The van der Waals surface area contributed by atoms with Crippen LogP contribution >= 0.6 is 23.7 Å². The number of rotatable bonds is 5. The Morgan fingerprint density at radius 3 is 3.00 bits per heavy atom. The van der Waals surface area contributed by atoms with Crippen LogP contribution in [0.3, 0.4) is 0 Å². The fourth-order valence-electron chi connectivity index (χ4n) is 1.30. The van der Waals surface area contributed by atoms with Gasteiger partial charge in [0.2, 0.25) is 0 Å². The number of nitrogens with two attached hydrogens (primary N) is 1. The Hall–Kier alpha value is -0.650. The summed E-state index contributed by atoms with van der Waals surface area (Å²) >= 11 is 1.50. The smallest absolute Gasteiger partial charge is 0.270 e. The van der Waals surface area contributed by atoms with E-state index >= 15 is 0 Å². The summed E-state index contributed by atoms with van der Waals surface area (Å²) in [4.78, 5) is 15.8. The van der Waals surface area contributed by atoms with Gasteiger partial charge in [0.05, 0.1) is 5.01 Å². The van der Waals surface area contributed by atoms with Crippen LogP contribution in [0, 0.1) is 5.92 Å². The zero-order valence-electron chi connectivity index (χ0n) is 8.94.